The number of benzene rings is 2. The summed E-state index contributed by atoms with van der Waals surface area (Å²) in [4.78, 5) is 12.3. The molecule has 0 spiro atoms. The van der Waals surface area contributed by atoms with Gasteiger partial charge in [0.25, 0.3) is 0 Å². The second-order valence-corrected chi connectivity index (χ2v) is 7.61. The number of hydrogen-bond donors (Lipinski definition) is 1. The van der Waals surface area contributed by atoms with E-state index in [1.165, 1.54) is 10.9 Å². The van der Waals surface area contributed by atoms with Crippen LogP contribution in [0.1, 0.15) is 6.42 Å². The van der Waals surface area contributed by atoms with E-state index in [-0.39, 0.29) is 0 Å². The first-order chi connectivity index (χ1) is 14.4. The number of fused-ring (bicyclic) bond motifs is 4. The Bertz CT molecular complexity index is 1120. The van der Waals surface area contributed by atoms with Gasteiger partial charge < -0.3 is 14.6 Å². The zero-order valence-corrected chi connectivity index (χ0v) is 16.7. The summed E-state index contributed by atoms with van der Waals surface area (Å²) in [5.41, 5.74) is 5.06. The van der Waals surface area contributed by atoms with Crippen molar-refractivity contribution in [3.63, 3.8) is 0 Å². The van der Waals surface area contributed by atoms with Crippen molar-refractivity contribution in [2.75, 3.05) is 45.9 Å². The Morgan fingerprint density at radius 1 is 0.862 bits per heavy atom. The number of nitrogens with zero attached hydrogens (tertiary/aromatic N) is 4. The molecule has 150 valence electrons. The van der Waals surface area contributed by atoms with E-state index in [1.54, 1.807) is 0 Å². The lowest BCUT2D eigenvalue weighted by Gasteiger charge is -2.26. The van der Waals surface area contributed by atoms with Gasteiger partial charge in [-0.05, 0) is 37.7 Å². The maximum Gasteiger partial charge on any atom is 0.160 e. The Balaban J connectivity index is 1.30. The maximum absolute atomic E-state index is 5.41. The molecule has 0 atom stereocenters. The van der Waals surface area contributed by atoms with Gasteiger partial charge in [0.1, 0.15) is 5.52 Å². The van der Waals surface area contributed by atoms with Crippen LogP contribution in [-0.4, -0.2) is 65.4 Å². The fraction of sp³-hybridized carbons (Fsp3) is 0.391. The molecule has 2 aromatic heterocycles. The summed E-state index contributed by atoms with van der Waals surface area (Å²) in [5, 5.41) is 4.78. The van der Waals surface area contributed by atoms with Crippen molar-refractivity contribution in [3.05, 3.63) is 48.5 Å². The van der Waals surface area contributed by atoms with Gasteiger partial charge in [0.15, 0.2) is 5.65 Å². The first-order valence-corrected chi connectivity index (χ1v) is 10.5. The summed E-state index contributed by atoms with van der Waals surface area (Å²) in [6, 6.07) is 16.6. The monoisotopic (exact) mass is 389 g/mol. The van der Waals surface area contributed by atoms with E-state index in [0.717, 1.165) is 81.1 Å². The van der Waals surface area contributed by atoms with Crippen LogP contribution in [0, 0.1) is 0 Å². The molecule has 1 fully saturated rings. The van der Waals surface area contributed by atoms with Gasteiger partial charge in [-0.25, -0.2) is 9.97 Å². The van der Waals surface area contributed by atoms with E-state index in [2.05, 4.69) is 39.0 Å². The van der Waals surface area contributed by atoms with Gasteiger partial charge in [-0.2, -0.15) is 0 Å². The zero-order chi connectivity index (χ0) is 19.5. The fourth-order valence-electron chi connectivity index (χ4n) is 4.18. The molecule has 4 aromatic rings. The van der Waals surface area contributed by atoms with Crippen molar-refractivity contribution >= 4 is 33.1 Å². The van der Waals surface area contributed by atoms with E-state index in [0.29, 0.717) is 0 Å². The highest BCUT2D eigenvalue weighted by Crippen LogP contribution is 2.27. The van der Waals surface area contributed by atoms with Crippen LogP contribution in [0.25, 0.3) is 33.1 Å². The third kappa shape index (κ3) is 3.83. The first-order valence-electron chi connectivity index (χ1n) is 10.5. The van der Waals surface area contributed by atoms with Crippen LogP contribution in [-0.2, 0) is 11.3 Å². The van der Waals surface area contributed by atoms with Gasteiger partial charge in [0.05, 0.1) is 29.8 Å². The molecule has 0 saturated carbocycles. The number of aromatic nitrogens is 3. The summed E-state index contributed by atoms with van der Waals surface area (Å²) in [5.74, 6) is 0. The minimum absolute atomic E-state index is 0.872. The van der Waals surface area contributed by atoms with Crippen LogP contribution in [0.4, 0.5) is 0 Å². The number of morpholine rings is 1. The average Bonchev–Trinajstić information content (AvgIpc) is 3.08. The van der Waals surface area contributed by atoms with Gasteiger partial charge in [-0.1, -0.05) is 30.3 Å². The molecule has 0 aliphatic carbocycles. The summed E-state index contributed by atoms with van der Waals surface area (Å²) in [7, 11) is 0. The molecule has 29 heavy (non-hydrogen) atoms. The number of nitrogens with one attached hydrogen (secondary N) is 1. The third-order valence-corrected chi connectivity index (χ3v) is 5.70. The molecular weight excluding hydrogens is 362 g/mol. The van der Waals surface area contributed by atoms with Gasteiger partial charge in [0, 0.05) is 31.6 Å². The molecule has 0 unspecified atom stereocenters. The summed E-state index contributed by atoms with van der Waals surface area (Å²) in [6.07, 6.45) is 1.16. The van der Waals surface area contributed by atoms with Gasteiger partial charge >= 0.3 is 0 Å². The molecular formula is C23H27N5O. The Labute approximate surface area is 170 Å². The van der Waals surface area contributed by atoms with Crippen LogP contribution in [0.15, 0.2) is 48.5 Å². The zero-order valence-electron chi connectivity index (χ0n) is 16.7. The smallest absolute Gasteiger partial charge is 0.160 e. The second kappa shape index (κ2) is 8.45. The molecule has 5 rings (SSSR count). The quantitative estimate of drug-likeness (QED) is 0.493. The van der Waals surface area contributed by atoms with E-state index in [9.17, 15) is 0 Å². The van der Waals surface area contributed by atoms with E-state index >= 15 is 0 Å². The molecule has 1 N–H and O–H groups in total. The van der Waals surface area contributed by atoms with Crippen LogP contribution in [0.3, 0.4) is 0 Å². The second-order valence-electron chi connectivity index (χ2n) is 7.61. The minimum atomic E-state index is 0.872. The highest BCUT2D eigenvalue weighted by Gasteiger charge is 2.14. The molecule has 3 heterocycles. The fourth-order valence-corrected chi connectivity index (χ4v) is 4.18. The summed E-state index contributed by atoms with van der Waals surface area (Å²) >= 11 is 0. The normalized spacial score (nSPS) is 15.6. The highest BCUT2D eigenvalue weighted by atomic mass is 16.5. The topological polar surface area (TPSA) is 55.2 Å². The Morgan fingerprint density at radius 3 is 2.48 bits per heavy atom. The van der Waals surface area contributed by atoms with Crippen molar-refractivity contribution in [1.82, 2.24) is 24.8 Å². The van der Waals surface area contributed by atoms with Crippen molar-refractivity contribution in [1.29, 1.82) is 0 Å². The predicted octanol–water partition coefficient (Wildman–Crippen LogP) is 3.05. The van der Waals surface area contributed by atoms with E-state index in [4.69, 9.17) is 14.7 Å². The standard InChI is InChI=1S/C23H27N5O/c1-4-9-21-18(6-1)22-23(26-20-8-3-2-7-19(20)25-22)28(21)13-11-24-10-5-12-27-14-16-29-17-15-27/h1-4,6-9,24H,5,10-17H2. The molecule has 0 radical (unpaired) electrons. The van der Waals surface area contributed by atoms with Crippen LogP contribution >= 0.6 is 0 Å². The van der Waals surface area contributed by atoms with Crippen molar-refractivity contribution in [2.24, 2.45) is 0 Å². The third-order valence-electron chi connectivity index (χ3n) is 5.70. The Hall–Kier alpha value is -2.54. The van der Waals surface area contributed by atoms with Crippen molar-refractivity contribution in [3.8, 4) is 0 Å². The molecule has 1 aliphatic heterocycles. The summed E-state index contributed by atoms with van der Waals surface area (Å²) < 4.78 is 7.72. The van der Waals surface area contributed by atoms with Gasteiger partial charge in [-0.3, -0.25) is 4.90 Å². The lowest BCUT2D eigenvalue weighted by molar-refractivity contribution is 0.0374. The van der Waals surface area contributed by atoms with E-state index in [1.807, 2.05) is 24.3 Å². The molecule has 1 aliphatic rings. The van der Waals surface area contributed by atoms with Gasteiger partial charge in [0.2, 0.25) is 0 Å². The van der Waals surface area contributed by atoms with Crippen molar-refractivity contribution < 1.29 is 4.74 Å². The van der Waals surface area contributed by atoms with E-state index < -0.39 is 0 Å². The minimum Gasteiger partial charge on any atom is -0.379 e. The lowest BCUT2D eigenvalue weighted by Crippen LogP contribution is -2.37. The molecule has 2 aromatic carbocycles. The number of hydrogen-bond acceptors (Lipinski definition) is 5. The molecule has 1 saturated heterocycles. The van der Waals surface area contributed by atoms with Crippen LogP contribution in [0.2, 0.25) is 0 Å². The summed E-state index contributed by atoms with van der Waals surface area (Å²) in [6.45, 7) is 7.85. The van der Waals surface area contributed by atoms with Crippen LogP contribution < -0.4 is 5.32 Å². The number of para-hydroxylation sites is 3. The molecule has 6 heteroatoms. The van der Waals surface area contributed by atoms with Crippen molar-refractivity contribution in [2.45, 2.75) is 13.0 Å². The molecule has 0 bridgehead atoms. The largest absolute Gasteiger partial charge is 0.379 e. The number of ether oxygens (including phenoxy) is 1. The SMILES string of the molecule is c1ccc2nc3c(nc2c1)c1ccccc1n3CCNCCCN1CCOCC1. The molecule has 6 nitrogen and oxygen atoms in total. The van der Waals surface area contributed by atoms with Gasteiger partial charge in [-0.15, -0.1) is 0 Å². The lowest BCUT2D eigenvalue weighted by atomic mass is 10.2. The van der Waals surface area contributed by atoms with Crippen LogP contribution in [0.5, 0.6) is 0 Å². The Kier molecular flexibility index (Phi) is 5.39. The molecule has 0 amide bonds. The maximum atomic E-state index is 5.41. The predicted molar refractivity (Wildman–Crippen MR) is 117 cm³/mol. The highest BCUT2D eigenvalue weighted by molar-refractivity contribution is 6.06. The average molecular weight is 390 g/mol. The number of rotatable bonds is 7. The Morgan fingerprint density at radius 2 is 1.62 bits per heavy atom. The first kappa shape index (κ1) is 18.5.